The van der Waals surface area contributed by atoms with Gasteiger partial charge >= 0.3 is 0 Å². The molecular formula is C24H31BrN2O4S. The number of benzene rings is 2. The van der Waals surface area contributed by atoms with Crippen LogP contribution in [0.25, 0.3) is 0 Å². The number of hydrogen-bond acceptors (Lipinski definition) is 4. The fourth-order valence-electron chi connectivity index (χ4n) is 3.78. The van der Waals surface area contributed by atoms with E-state index in [2.05, 4.69) is 46.7 Å². The normalized spacial score (nSPS) is 15.4. The molecule has 2 aromatic carbocycles. The molecule has 2 aromatic rings. The van der Waals surface area contributed by atoms with Gasteiger partial charge in [-0.2, -0.15) is 0 Å². The molecule has 1 saturated carbocycles. The van der Waals surface area contributed by atoms with E-state index in [1.54, 1.807) is 12.1 Å². The number of sulfonamides is 1. The van der Waals surface area contributed by atoms with Gasteiger partial charge in [0.15, 0.2) is 6.61 Å². The maximum atomic E-state index is 12.6. The lowest BCUT2D eigenvalue weighted by Gasteiger charge is -2.23. The fraction of sp³-hybridized carbons (Fsp3) is 0.458. The summed E-state index contributed by atoms with van der Waals surface area (Å²) in [5.74, 6) is 0.342. The van der Waals surface area contributed by atoms with Crippen molar-refractivity contribution in [3.63, 3.8) is 0 Å². The average Bonchev–Trinajstić information content (AvgIpc) is 2.73. The second-order valence-corrected chi connectivity index (χ2v) is 11.8. The highest BCUT2D eigenvalue weighted by atomic mass is 79.9. The Kier molecular flexibility index (Phi) is 8.01. The first kappa shape index (κ1) is 24.7. The van der Waals surface area contributed by atoms with Crippen molar-refractivity contribution < 1.29 is 17.9 Å². The molecule has 0 aliphatic heterocycles. The van der Waals surface area contributed by atoms with E-state index in [1.165, 1.54) is 12.1 Å². The Labute approximate surface area is 199 Å². The Bertz CT molecular complexity index is 1040. The van der Waals surface area contributed by atoms with E-state index in [1.807, 2.05) is 18.2 Å². The molecule has 1 fully saturated rings. The molecule has 3 rings (SSSR count). The number of halogens is 1. The molecule has 1 amide bonds. The maximum absolute atomic E-state index is 12.6. The summed E-state index contributed by atoms with van der Waals surface area (Å²) >= 11 is 3.48. The minimum Gasteiger partial charge on any atom is -0.483 e. The van der Waals surface area contributed by atoms with Gasteiger partial charge in [0.1, 0.15) is 5.75 Å². The van der Waals surface area contributed by atoms with E-state index in [0.717, 1.165) is 42.1 Å². The third-order valence-electron chi connectivity index (χ3n) is 5.48. The fourth-order valence-corrected chi connectivity index (χ4v) is 5.45. The zero-order valence-electron chi connectivity index (χ0n) is 18.8. The van der Waals surface area contributed by atoms with Crippen molar-refractivity contribution in [3.8, 4) is 5.75 Å². The van der Waals surface area contributed by atoms with Crippen LogP contribution < -0.4 is 14.8 Å². The van der Waals surface area contributed by atoms with Crippen LogP contribution in [0.2, 0.25) is 0 Å². The number of carbonyl (C=O) groups is 1. The summed E-state index contributed by atoms with van der Waals surface area (Å²) in [6, 6.07) is 11.9. The number of carbonyl (C=O) groups excluding carboxylic acids is 1. The van der Waals surface area contributed by atoms with Crippen LogP contribution in [0.3, 0.4) is 0 Å². The molecule has 0 aromatic heterocycles. The molecule has 6 nitrogen and oxygen atoms in total. The van der Waals surface area contributed by atoms with Gasteiger partial charge in [-0.25, -0.2) is 13.1 Å². The lowest BCUT2D eigenvalue weighted by atomic mass is 9.86. The van der Waals surface area contributed by atoms with E-state index < -0.39 is 10.0 Å². The third kappa shape index (κ3) is 6.80. The van der Waals surface area contributed by atoms with Crippen LogP contribution in [-0.2, 0) is 20.2 Å². The zero-order valence-corrected chi connectivity index (χ0v) is 21.2. The largest absolute Gasteiger partial charge is 0.483 e. The smallest absolute Gasteiger partial charge is 0.262 e. The van der Waals surface area contributed by atoms with Crippen molar-refractivity contribution in [2.75, 3.05) is 11.9 Å². The van der Waals surface area contributed by atoms with Crippen LogP contribution >= 0.6 is 15.9 Å². The number of anilines is 1. The Morgan fingerprint density at radius 1 is 1.06 bits per heavy atom. The Morgan fingerprint density at radius 3 is 2.34 bits per heavy atom. The highest BCUT2D eigenvalue weighted by Gasteiger charge is 2.22. The van der Waals surface area contributed by atoms with E-state index in [0.29, 0.717) is 11.4 Å². The van der Waals surface area contributed by atoms with Gasteiger partial charge in [-0.3, -0.25) is 4.79 Å². The molecule has 174 valence electrons. The number of nitrogens with one attached hydrogen (secondary N) is 2. The van der Waals surface area contributed by atoms with Gasteiger partial charge in [-0.1, -0.05) is 56.0 Å². The van der Waals surface area contributed by atoms with Crippen molar-refractivity contribution in [2.24, 2.45) is 0 Å². The second-order valence-electron chi connectivity index (χ2n) is 9.21. The third-order valence-corrected chi connectivity index (χ3v) is 7.51. The second kappa shape index (κ2) is 10.4. The highest BCUT2D eigenvalue weighted by Crippen LogP contribution is 2.33. The van der Waals surface area contributed by atoms with E-state index >= 15 is 0 Å². The summed E-state index contributed by atoms with van der Waals surface area (Å²) in [6.07, 6.45) is 5.02. The first-order valence-electron chi connectivity index (χ1n) is 10.9. The highest BCUT2D eigenvalue weighted by molar-refractivity contribution is 9.10. The standard InChI is InChI=1S/C24H31BrN2O4S/c1-24(2,3)21-15-17(25)9-14-22(21)31-16-23(28)26-18-10-12-20(13-11-18)32(29,30)27-19-7-5-4-6-8-19/h9-15,19,27H,4-8,16H2,1-3H3,(H,26,28). The van der Waals surface area contributed by atoms with Crippen molar-refractivity contribution in [3.05, 3.63) is 52.5 Å². The van der Waals surface area contributed by atoms with Crippen LogP contribution in [0, 0.1) is 0 Å². The minimum absolute atomic E-state index is 0.00174. The quantitative estimate of drug-likeness (QED) is 0.511. The molecule has 0 spiro atoms. The number of rotatable bonds is 7. The Hall–Kier alpha value is -1.90. The summed E-state index contributed by atoms with van der Waals surface area (Å²) in [5, 5.41) is 2.75. The molecule has 0 unspecified atom stereocenters. The predicted molar refractivity (Wildman–Crippen MR) is 131 cm³/mol. The topological polar surface area (TPSA) is 84.5 Å². The molecule has 0 saturated heterocycles. The summed E-state index contributed by atoms with van der Waals surface area (Å²) in [7, 11) is -3.56. The van der Waals surface area contributed by atoms with Crippen molar-refractivity contribution in [2.45, 2.75) is 69.2 Å². The molecule has 2 N–H and O–H groups in total. The molecular weight excluding hydrogens is 492 g/mol. The molecule has 32 heavy (non-hydrogen) atoms. The Morgan fingerprint density at radius 2 is 1.72 bits per heavy atom. The minimum atomic E-state index is -3.56. The molecule has 0 heterocycles. The van der Waals surface area contributed by atoms with E-state index in [4.69, 9.17) is 4.74 Å². The van der Waals surface area contributed by atoms with Gasteiger partial charge in [0.2, 0.25) is 10.0 Å². The number of hydrogen-bond donors (Lipinski definition) is 2. The zero-order chi connectivity index (χ0) is 23.4. The molecule has 1 aliphatic carbocycles. The SMILES string of the molecule is CC(C)(C)c1cc(Br)ccc1OCC(=O)Nc1ccc(S(=O)(=O)NC2CCCCC2)cc1. The monoisotopic (exact) mass is 522 g/mol. The summed E-state index contributed by atoms with van der Waals surface area (Å²) in [4.78, 5) is 12.6. The van der Waals surface area contributed by atoms with Crippen LogP contribution in [0.1, 0.15) is 58.4 Å². The summed E-state index contributed by atoms with van der Waals surface area (Å²) < 4.78 is 34.7. The van der Waals surface area contributed by atoms with Gasteiger partial charge in [-0.15, -0.1) is 0 Å². The van der Waals surface area contributed by atoms with Crippen LogP contribution in [0.5, 0.6) is 5.75 Å². The number of amides is 1. The van der Waals surface area contributed by atoms with E-state index in [-0.39, 0.29) is 28.9 Å². The van der Waals surface area contributed by atoms with Gasteiger partial charge in [0, 0.05) is 21.8 Å². The Balaban J connectivity index is 1.58. The summed E-state index contributed by atoms with van der Waals surface area (Å²) in [6.45, 7) is 6.11. The van der Waals surface area contributed by atoms with Crippen LogP contribution in [0.15, 0.2) is 51.8 Å². The first-order chi connectivity index (χ1) is 15.0. The van der Waals surface area contributed by atoms with Gasteiger partial charge in [0.25, 0.3) is 5.91 Å². The average molecular weight is 523 g/mol. The lowest BCUT2D eigenvalue weighted by Crippen LogP contribution is -2.36. The number of ether oxygens (including phenoxy) is 1. The van der Waals surface area contributed by atoms with Crippen molar-refractivity contribution >= 4 is 37.5 Å². The van der Waals surface area contributed by atoms with Gasteiger partial charge < -0.3 is 10.1 Å². The van der Waals surface area contributed by atoms with Crippen molar-refractivity contribution in [1.82, 2.24) is 4.72 Å². The molecule has 0 atom stereocenters. The predicted octanol–water partition coefficient (Wildman–Crippen LogP) is 5.38. The maximum Gasteiger partial charge on any atom is 0.262 e. The molecule has 1 aliphatic rings. The van der Waals surface area contributed by atoms with E-state index in [9.17, 15) is 13.2 Å². The van der Waals surface area contributed by atoms with Gasteiger partial charge in [0.05, 0.1) is 4.90 Å². The molecule has 8 heteroatoms. The summed E-state index contributed by atoms with van der Waals surface area (Å²) in [5.41, 5.74) is 1.38. The molecule has 0 bridgehead atoms. The lowest BCUT2D eigenvalue weighted by molar-refractivity contribution is -0.118. The van der Waals surface area contributed by atoms with Crippen LogP contribution in [-0.4, -0.2) is 27.0 Å². The van der Waals surface area contributed by atoms with Crippen molar-refractivity contribution in [1.29, 1.82) is 0 Å². The van der Waals surface area contributed by atoms with Gasteiger partial charge in [-0.05, 0) is 60.7 Å². The molecule has 0 radical (unpaired) electrons. The first-order valence-corrected chi connectivity index (χ1v) is 13.2. The van der Waals surface area contributed by atoms with Crippen LogP contribution in [0.4, 0.5) is 5.69 Å².